The highest BCUT2D eigenvalue weighted by Crippen LogP contribution is 2.26. The number of carbonyl (C=O) groups excluding carboxylic acids is 2. The van der Waals surface area contributed by atoms with Crippen molar-refractivity contribution in [2.75, 3.05) is 39.2 Å². The van der Waals surface area contributed by atoms with Crippen molar-refractivity contribution in [3.05, 3.63) is 78.3 Å². The van der Waals surface area contributed by atoms with E-state index in [1.807, 2.05) is 50.2 Å². The molecule has 36 heavy (non-hydrogen) atoms. The van der Waals surface area contributed by atoms with Gasteiger partial charge in [-0.1, -0.05) is 44.2 Å². The Morgan fingerprint density at radius 2 is 1.64 bits per heavy atom. The Hall–Kier alpha value is -3.94. The molecular weight excluding hydrogens is 458 g/mol. The number of furan rings is 1. The highest BCUT2D eigenvalue weighted by atomic mass is 16.5. The van der Waals surface area contributed by atoms with Crippen LogP contribution in [0, 0.1) is 5.92 Å². The third-order valence-corrected chi connectivity index (χ3v) is 5.59. The van der Waals surface area contributed by atoms with E-state index in [4.69, 9.17) is 13.9 Å². The molecule has 0 unspecified atom stereocenters. The summed E-state index contributed by atoms with van der Waals surface area (Å²) in [5.74, 6) is 1.83. The van der Waals surface area contributed by atoms with Gasteiger partial charge in [0.1, 0.15) is 23.8 Å². The Kier molecular flexibility index (Phi) is 9.80. The monoisotopic (exact) mass is 493 g/mol. The molecule has 0 spiro atoms. The van der Waals surface area contributed by atoms with E-state index in [-0.39, 0.29) is 24.4 Å². The number of hydrogen-bond acceptors (Lipinski definition) is 5. The van der Waals surface area contributed by atoms with Crippen molar-refractivity contribution in [2.45, 2.75) is 26.8 Å². The van der Waals surface area contributed by atoms with Crippen LogP contribution in [-0.2, 0) is 17.8 Å². The van der Waals surface area contributed by atoms with Crippen molar-refractivity contribution in [3.63, 3.8) is 0 Å². The third kappa shape index (κ3) is 8.08. The number of ether oxygens (including phenoxy) is 2. The maximum atomic E-state index is 13.5. The van der Waals surface area contributed by atoms with Gasteiger partial charge in [-0.05, 0) is 30.0 Å². The molecule has 8 heteroatoms. The van der Waals surface area contributed by atoms with Crippen molar-refractivity contribution >= 4 is 17.6 Å². The van der Waals surface area contributed by atoms with Gasteiger partial charge in [0.15, 0.2) is 0 Å². The van der Waals surface area contributed by atoms with Crippen molar-refractivity contribution < 1.29 is 23.5 Å². The molecule has 0 saturated heterocycles. The minimum absolute atomic E-state index is 0.0549. The average Bonchev–Trinajstić information content (AvgIpc) is 3.39. The second kappa shape index (κ2) is 13.2. The number of amides is 3. The van der Waals surface area contributed by atoms with E-state index in [9.17, 15) is 9.59 Å². The summed E-state index contributed by atoms with van der Waals surface area (Å²) in [6, 6.07) is 18.4. The zero-order chi connectivity index (χ0) is 25.9. The summed E-state index contributed by atoms with van der Waals surface area (Å²) >= 11 is 0. The smallest absolute Gasteiger partial charge is 0.322 e. The van der Waals surface area contributed by atoms with Gasteiger partial charge in [-0.3, -0.25) is 4.79 Å². The van der Waals surface area contributed by atoms with Gasteiger partial charge in [0, 0.05) is 37.0 Å². The lowest BCUT2D eigenvalue weighted by molar-refractivity contribution is -0.132. The van der Waals surface area contributed by atoms with E-state index in [1.54, 1.807) is 49.6 Å². The zero-order valence-electron chi connectivity index (χ0n) is 21.4. The van der Waals surface area contributed by atoms with Crippen LogP contribution in [-0.4, -0.2) is 55.6 Å². The molecule has 0 atom stereocenters. The molecule has 2 aromatic carbocycles. The summed E-state index contributed by atoms with van der Waals surface area (Å²) in [6.45, 7) is 5.23. The summed E-state index contributed by atoms with van der Waals surface area (Å²) in [5, 5.41) is 2.88. The van der Waals surface area contributed by atoms with E-state index in [1.165, 1.54) is 4.90 Å². The molecule has 0 fully saturated rings. The molecule has 3 amide bonds. The molecule has 0 radical (unpaired) electrons. The second-order valence-corrected chi connectivity index (χ2v) is 8.94. The first-order chi connectivity index (χ1) is 17.4. The predicted octanol–water partition coefficient (Wildman–Crippen LogP) is 5.06. The molecule has 0 aliphatic heterocycles. The molecular formula is C28H35N3O5. The van der Waals surface area contributed by atoms with Crippen LogP contribution < -0.4 is 14.8 Å². The van der Waals surface area contributed by atoms with E-state index in [0.29, 0.717) is 49.0 Å². The Bertz CT molecular complexity index is 1080. The average molecular weight is 494 g/mol. The fourth-order valence-corrected chi connectivity index (χ4v) is 3.80. The van der Waals surface area contributed by atoms with E-state index in [2.05, 4.69) is 5.32 Å². The largest absolute Gasteiger partial charge is 0.497 e. The number of benzene rings is 2. The van der Waals surface area contributed by atoms with Crippen LogP contribution in [0.25, 0.3) is 0 Å². The standard InChI is InChI=1S/C28H35N3O5/c1-21(2)18-31(28(33)29-23-15-25(34-3)17-26(16-23)35-4)20-27(32)30(19-24-11-8-14-36-24)13-12-22-9-6-5-7-10-22/h5-11,14-17,21H,12-13,18-20H2,1-4H3,(H,29,33). The van der Waals surface area contributed by atoms with Crippen molar-refractivity contribution in [2.24, 2.45) is 5.92 Å². The fourth-order valence-electron chi connectivity index (χ4n) is 3.80. The highest BCUT2D eigenvalue weighted by Gasteiger charge is 2.23. The number of methoxy groups -OCH3 is 2. The number of hydrogen-bond donors (Lipinski definition) is 1. The molecule has 1 aromatic heterocycles. The quantitative estimate of drug-likeness (QED) is 0.381. The van der Waals surface area contributed by atoms with Gasteiger partial charge in [-0.15, -0.1) is 0 Å². The number of anilines is 1. The summed E-state index contributed by atoms with van der Waals surface area (Å²) in [6.07, 6.45) is 2.30. The molecule has 3 rings (SSSR count). The number of urea groups is 1. The normalized spacial score (nSPS) is 10.7. The van der Waals surface area contributed by atoms with Crippen LogP contribution in [0.15, 0.2) is 71.3 Å². The molecule has 0 aliphatic carbocycles. The second-order valence-electron chi connectivity index (χ2n) is 8.94. The van der Waals surface area contributed by atoms with Crippen LogP contribution >= 0.6 is 0 Å². The number of nitrogens with one attached hydrogen (secondary N) is 1. The lowest BCUT2D eigenvalue weighted by atomic mass is 10.1. The van der Waals surface area contributed by atoms with Crippen molar-refractivity contribution in [3.8, 4) is 11.5 Å². The van der Waals surface area contributed by atoms with Gasteiger partial charge >= 0.3 is 6.03 Å². The number of carbonyl (C=O) groups is 2. The molecule has 1 N–H and O–H groups in total. The molecule has 3 aromatic rings. The molecule has 1 heterocycles. The van der Waals surface area contributed by atoms with Gasteiger partial charge in [-0.25, -0.2) is 4.79 Å². The van der Waals surface area contributed by atoms with Crippen molar-refractivity contribution in [1.82, 2.24) is 9.80 Å². The van der Waals surface area contributed by atoms with Gasteiger partial charge in [0.25, 0.3) is 0 Å². The van der Waals surface area contributed by atoms with Crippen LogP contribution in [0.3, 0.4) is 0 Å². The molecule has 192 valence electrons. The molecule has 8 nitrogen and oxygen atoms in total. The number of rotatable bonds is 12. The van der Waals surface area contributed by atoms with Crippen LogP contribution in [0.5, 0.6) is 11.5 Å². The molecule has 0 bridgehead atoms. The van der Waals surface area contributed by atoms with Crippen LogP contribution in [0.4, 0.5) is 10.5 Å². The lowest BCUT2D eigenvalue weighted by Gasteiger charge is -2.28. The first-order valence-electron chi connectivity index (χ1n) is 12.0. The van der Waals surface area contributed by atoms with E-state index < -0.39 is 0 Å². The Morgan fingerprint density at radius 1 is 0.944 bits per heavy atom. The predicted molar refractivity (Wildman–Crippen MR) is 139 cm³/mol. The van der Waals surface area contributed by atoms with E-state index >= 15 is 0 Å². The number of nitrogens with zero attached hydrogens (tertiary/aromatic N) is 2. The van der Waals surface area contributed by atoms with Crippen LogP contribution in [0.2, 0.25) is 0 Å². The van der Waals surface area contributed by atoms with Gasteiger partial charge < -0.3 is 29.0 Å². The van der Waals surface area contributed by atoms with Crippen LogP contribution in [0.1, 0.15) is 25.2 Å². The third-order valence-electron chi connectivity index (χ3n) is 5.59. The van der Waals surface area contributed by atoms with E-state index in [0.717, 1.165) is 5.56 Å². The SMILES string of the molecule is COc1cc(NC(=O)N(CC(=O)N(CCc2ccccc2)Cc2ccco2)CC(C)C)cc(OC)c1. The Morgan fingerprint density at radius 3 is 2.22 bits per heavy atom. The summed E-state index contributed by atoms with van der Waals surface area (Å²) in [7, 11) is 3.10. The minimum Gasteiger partial charge on any atom is -0.497 e. The maximum absolute atomic E-state index is 13.5. The lowest BCUT2D eigenvalue weighted by Crippen LogP contribution is -2.46. The summed E-state index contributed by atoms with van der Waals surface area (Å²) < 4.78 is 16.1. The highest BCUT2D eigenvalue weighted by molar-refractivity contribution is 5.92. The minimum atomic E-state index is -0.367. The first-order valence-corrected chi connectivity index (χ1v) is 12.0. The first kappa shape index (κ1) is 26.7. The topological polar surface area (TPSA) is 84.3 Å². The summed E-state index contributed by atoms with van der Waals surface area (Å²) in [5.41, 5.74) is 1.66. The van der Waals surface area contributed by atoms with Gasteiger partial charge in [0.2, 0.25) is 5.91 Å². The fraction of sp³-hybridized carbons (Fsp3) is 0.357. The summed E-state index contributed by atoms with van der Waals surface area (Å²) in [4.78, 5) is 30.0. The molecule has 0 aliphatic rings. The van der Waals surface area contributed by atoms with Crippen molar-refractivity contribution in [1.29, 1.82) is 0 Å². The Labute approximate surface area is 212 Å². The van der Waals surface area contributed by atoms with Gasteiger partial charge in [-0.2, -0.15) is 0 Å². The molecule has 0 saturated carbocycles. The maximum Gasteiger partial charge on any atom is 0.322 e. The van der Waals surface area contributed by atoms with Gasteiger partial charge in [0.05, 0.1) is 27.0 Å². The Balaban J connectivity index is 1.74. The zero-order valence-corrected chi connectivity index (χ0v) is 21.4.